The first-order valence-electron chi connectivity index (χ1n) is 4.21. The van der Waals surface area contributed by atoms with Crippen molar-refractivity contribution in [3.63, 3.8) is 0 Å². The molecule has 1 atom stereocenters. The molecule has 66 valence electrons. The van der Waals surface area contributed by atoms with Gasteiger partial charge in [-0.3, -0.25) is 4.79 Å². The van der Waals surface area contributed by atoms with Gasteiger partial charge in [-0.25, -0.2) is 0 Å². The first kappa shape index (κ1) is 8.57. The maximum atomic E-state index is 11.4. The summed E-state index contributed by atoms with van der Waals surface area (Å²) in [6.07, 6.45) is 1.42. The molecule has 0 aromatic heterocycles. The second kappa shape index (κ2) is 3.38. The number of carbonyl (C=O) groups is 1. The van der Waals surface area contributed by atoms with E-state index in [1.165, 1.54) is 11.0 Å². The van der Waals surface area contributed by atoms with Crippen molar-refractivity contribution >= 4 is 17.5 Å². The third kappa shape index (κ3) is 1.42. The van der Waals surface area contributed by atoms with E-state index in [2.05, 4.69) is 12.6 Å². The number of rotatable bonds is 2. The third-order valence-corrected chi connectivity index (χ3v) is 3.43. The van der Waals surface area contributed by atoms with E-state index >= 15 is 0 Å². The lowest BCUT2D eigenvalue weighted by molar-refractivity contribution is -0.115. The van der Waals surface area contributed by atoms with Crippen molar-refractivity contribution in [2.45, 2.75) is 10.8 Å². The summed E-state index contributed by atoms with van der Waals surface area (Å²) < 4.78 is 0. The summed E-state index contributed by atoms with van der Waals surface area (Å²) in [5.41, 5.74) is 1.16. The topological polar surface area (TPSA) is 17.1 Å². The fraction of sp³-hybridized carbons (Fsp3) is 0.182. The van der Waals surface area contributed by atoms with E-state index in [1.54, 1.807) is 11.8 Å². The van der Waals surface area contributed by atoms with Crippen LogP contribution in [0, 0.1) is 0 Å². The van der Waals surface area contributed by atoms with Gasteiger partial charge in [-0.1, -0.05) is 24.8 Å². The highest BCUT2D eigenvalue weighted by Crippen LogP contribution is 2.39. The second-order valence-corrected chi connectivity index (χ2v) is 4.07. The van der Waals surface area contributed by atoms with Crippen molar-refractivity contribution in [1.29, 1.82) is 0 Å². The predicted molar refractivity (Wildman–Crippen MR) is 55.1 cm³/mol. The Morgan fingerprint density at radius 1 is 1.54 bits per heavy atom. The van der Waals surface area contributed by atoms with Gasteiger partial charge in [0.2, 0.25) is 0 Å². The Hall–Kier alpha value is -1.02. The molecule has 0 bridgehead atoms. The van der Waals surface area contributed by atoms with E-state index in [9.17, 15) is 4.79 Å². The molecule has 0 aliphatic carbocycles. The van der Waals surface area contributed by atoms with Gasteiger partial charge in [0.15, 0.2) is 5.78 Å². The van der Waals surface area contributed by atoms with Crippen LogP contribution in [-0.2, 0) is 4.79 Å². The molecule has 1 aromatic carbocycles. The van der Waals surface area contributed by atoms with Crippen LogP contribution in [0.1, 0.15) is 11.5 Å². The molecule has 2 rings (SSSR count). The lowest BCUT2D eigenvalue weighted by Gasteiger charge is -2.04. The average Bonchev–Trinajstić information content (AvgIpc) is 2.60. The van der Waals surface area contributed by atoms with Crippen LogP contribution in [0.4, 0.5) is 0 Å². The average molecular weight is 190 g/mol. The summed E-state index contributed by atoms with van der Waals surface area (Å²) in [4.78, 5) is 12.7. The Kier molecular flexibility index (Phi) is 2.23. The third-order valence-electron chi connectivity index (χ3n) is 2.24. The largest absolute Gasteiger partial charge is 0.294 e. The molecule has 1 aliphatic heterocycles. The van der Waals surface area contributed by atoms with Gasteiger partial charge in [0.25, 0.3) is 0 Å². The Labute approximate surface area is 81.8 Å². The number of benzene rings is 1. The van der Waals surface area contributed by atoms with Gasteiger partial charge in [-0.05, 0) is 17.7 Å². The zero-order valence-corrected chi connectivity index (χ0v) is 8.01. The van der Waals surface area contributed by atoms with Crippen LogP contribution in [0.5, 0.6) is 0 Å². The Morgan fingerprint density at radius 2 is 2.31 bits per heavy atom. The highest BCUT2D eigenvalue weighted by Gasteiger charge is 2.26. The fourth-order valence-electron chi connectivity index (χ4n) is 1.54. The van der Waals surface area contributed by atoms with Crippen LogP contribution in [0.25, 0.3) is 0 Å². The Bertz CT molecular complexity index is 357. The van der Waals surface area contributed by atoms with E-state index in [1.807, 2.05) is 18.2 Å². The summed E-state index contributed by atoms with van der Waals surface area (Å²) in [6.45, 7) is 3.52. The maximum absolute atomic E-state index is 11.4. The summed E-state index contributed by atoms with van der Waals surface area (Å²) in [5, 5.41) is 0. The molecular formula is C11H10OS. The number of fused-ring (bicyclic) bond motifs is 1. The molecule has 2 heteroatoms. The molecule has 0 N–H and O–H groups in total. The van der Waals surface area contributed by atoms with Gasteiger partial charge in [-0.2, -0.15) is 0 Å². The number of carbonyl (C=O) groups excluding carboxylic acids is 1. The van der Waals surface area contributed by atoms with E-state index < -0.39 is 0 Å². The smallest absolute Gasteiger partial charge is 0.163 e. The van der Waals surface area contributed by atoms with Crippen molar-refractivity contribution in [3.05, 3.63) is 42.5 Å². The molecule has 0 saturated heterocycles. The van der Waals surface area contributed by atoms with Crippen LogP contribution in [0.3, 0.4) is 0 Å². The summed E-state index contributed by atoms with van der Waals surface area (Å²) in [7, 11) is 0. The molecule has 1 aromatic rings. The summed E-state index contributed by atoms with van der Waals surface area (Å²) in [6, 6.07) is 8.08. The van der Waals surface area contributed by atoms with Crippen molar-refractivity contribution in [3.8, 4) is 0 Å². The normalized spacial score (nSPS) is 19.5. The van der Waals surface area contributed by atoms with Gasteiger partial charge in [0.05, 0.1) is 5.92 Å². The van der Waals surface area contributed by atoms with E-state index in [0.29, 0.717) is 0 Å². The van der Waals surface area contributed by atoms with Crippen molar-refractivity contribution in [1.82, 2.24) is 0 Å². The molecule has 1 heterocycles. The zero-order chi connectivity index (χ0) is 9.26. The fourth-order valence-corrected chi connectivity index (χ4v) is 2.78. The van der Waals surface area contributed by atoms with Gasteiger partial charge < -0.3 is 0 Å². The number of allylic oxidation sites excluding steroid dienone is 1. The molecule has 1 aliphatic rings. The first-order chi connectivity index (χ1) is 6.33. The minimum atomic E-state index is 0.0405. The summed E-state index contributed by atoms with van der Waals surface area (Å²) >= 11 is 1.75. The lowest BCUT2D eigenvalue weighted by atomic mass is 9.97. The first-order valence-corrected chi connectivity index (χ1v) is 5.19. The predicted octanol–water partition coefficient (Wildman–Crippen LogP) is 2.63. The monoisotopic (exact) mass is 190 g/mol. The van der Waals surface area contributed by atoms with Crippen LogP contribution >= 0.6 is 11.8 Å². The van der Waals surface area contributed by atoms with Crippen molar-refractivity contribution < 1.29 is 4.79 Å². The number of thioether (sulfide) groups is 1. The molecule has 1 nitrogen and oxygen atoms in total. The maximum Gasteiger partial charge on any atom is 0.163 e. The zero-order valence-electron chi connectivity index (χ0n) is 7.19. The van der Waals surface area contributed by atoms with Crippen LogP contribution in [-0.4, -0.2) is 11.5 Å². The minimum Gasteiger partial charge on any atom is -0.294 e. The Morgan fingerprint density at radius 3 is 3.08 bits per heavy atom. The molecule has 13 heavy (non-hydrogen) atoms. The molecule has 0 radical (unpaired) electrons. The van der Waals surface area contributed by atoms with Gasteiger partial charge in [0.1, 0.15) is 0 Å². The lowest BCUT2D eigenvalue weighted by Crippen LogP contribution is -2.08. The van der Waals surface area contributed by atoms with Crippen molar-refractivity contribution in [2.75, 3.05) is 5.75 Å². The second-order valence-electron chi connectivity index (χ2n) is 3.01. The van der Waals surface area contributed by atoms with Gasteiger partial charge >= 0.3 is 0 Å². The van der Waals surface area contributed by atoms with Crippen molar-refractivity contribution in [2.24, 2.45) is 0 Å². The summed E-state index contributed by atoms with van der Waals surface area (Å²) in [5.74, 6) is 1.04. The standard InChI is InChI=1S/C11H10OS/c1-2-10(12)9-7-13-11-6-4-3-5-8(9)11/h2-6,9H,1,7H2. The number of ketones is 1. The van der Waals surface area contributed by atoms with Crippen LogP contribution in [0.2, 0.25) is 0 Å². The Balaban J connectivity index is 2.38. The quantitative estimate of drug-likeness (QED) is 0.667. The number of hydrogen-bond donors (Lipinski definition) is 0. The molecule has 0 amide bonds. The molecular weight excluding hydrogens is 180 g/mol. The van der Waals surface area contributed by atoms with E-state index in [-0.39, 0.29) is 11.7 Å². The highest BCUT2D eigenvalue weighted by atomic mass is 32.2. The van der Waals surface area contributed by atoms with Gasteiger partial charge in [-0.15, -0.1) is 11.8 Å². The van der Waals surface area contributed by atoms with Crippen LogP contribution < -0.4 is 0 Å². The molecule has 1 unspecified atom stereocenters. The SMILES string of the molecule is C=CC(=O)C1CSc2ccccc21. The highest BCUT2D eigenvalue weighted by molar-refractivity contribution is 7.99. The van der Waals surface area contributed by atoms with Crippen LogP contribution in [0.15, 0.2) is 41.8 Å². The molecule has 0 fully saturated rings. The number of hydrogen-bond acceptors (Lipinski definition) is 2. The minimum absolute atomic E-state index is 0.0405. The molecule has 0 saturated carbocycles. The molecule has 0 spiro atoms. The van der Waals surface area contributed by atoms with Gasteiger partial charge in [0, 0.05) is 10.6 Å². The van der Waals surface area contributed by atoms with E-state index in [0.717, 1.165) is 11.3 Å². The van der Waals surface area contributed by atoms with E-state index in [4.69, 9.17) is 0 Å².